The molecule has 3 atom stereocenters. The number of hydrogen-bond acceptors (Lipinski definition) is 4. The first-order valence-electron chi connectivity index (χ1n) is 8.23. The number of carboxylic acid groups (broad SMARTS) is 1. The summed E-state index contributed by atoms with van der Waals surface area (Å²) >= 11 is 0. The van der Waals surface area contributed by atoms with Crippen LogP contribution in [0.2, 0.25) is 0 Å². The molecular formula is C19H24O5. The largest absolute Gasteiger partial charge is 0.504 e. The number of carboxylic acids is 1. The molecule has 4 N–H and O–H groups in total. The van der Waals surface area contributed by atoms with Gasteiger partial charge in [0.1, 0.15) is 0 Å². The summed E-state index contributed by atoms with van der Waals surface area (Å²) in [6.45, 7) is 6.39. The van der Waals surface area contributed by atoms with Crippen LogP contribution in [-0.4, -0.2) is 26.4 Å². The Morgan fingerprint density at radius 2 is 1.83 bits per heavy atom. The Balaban J connectivity index is 2.19. The van der Waals surface area contributed by atoms with Gasteiger partial charge in [0.25, 0.3) is 0 Å². The number of aromatic hydroxyl groups is 2. The van der Waals surface area contributed by atoms with Crippen molar-refractivity contribution in [3.63, 3.8) is 0 Å². The summed E-state index contributed by atoms with van der Waals surface area (Å²) in [6.07, 6.45) is 4.81. The molecule has 1 aromatic carbocycles. The highest BCUT2D eigenvalue weighted by molar-refractivity contribution is 5.86. The van der Waals surface area contributed by atoms with E-state index in [2.05, 4.69) is 20.8 Å². The zero-order valence-corrected chi connectivity index (χ0v) is 14.2. The van der Waals surface area contributed by atoms with Crippen LogP contribution in [0.3, 0.4) is 0 Å². The molecule has 0 aromatic heterocycles. The minimum absolute atomic E-state index is 0.0664. The van der Waals surface area contributed by atoms with E-state index in [1.165, 1.54) is 18.2 Å². The lowest BCUT2D eigenvalue weighted by Crippen LogP contribution is -2.45. The fraction of sp³-hybridized carbons (Fsp3) is 0.526. The molecule has 0 saturated heterocycles. The van der Waals surface area contributed by atoms with Crippen LogP contribution >= 0.6 is 0 Å². The first-order chi connectivity index (χ1) is 11.0. The Morgan fingerprint density at radius 1 is 1.21 bits per heavy atom. The van der Waals surface area contributed by atoms with Gasteiger partial charge in [-0.05, 0) is 59.9 Å². The molecule has 0 spiro atoms. The fourth-order valence-electron chi connectivity index (χ4n) is 4.93. The SMILES string of the molecule is CC1(C)C2CCC1(C)C(O)(c1cc(O)c(O)cc1C=CC(=O)O)C2. The van der Waals surface area contributed by atoms with Gasteiger partial charge in [-0.25, -0.2) is 4.79 Å². The Hall–Kier alpha value is -2.01. The van der Waals surface area contributed by atoms with Gasteiger partial charge in [-0.15, -0.1) is 0 Å². The molecule has 5 nitrogen and oxygen atoms in total. The molecule has 2 bridgehead atoms. The van der Waals surface area contributed by atoms with E-state index >= 15 is 0 Å². The first kappa shape index (κ1) is 16.8. The zero-order valence-electron chi connectivity index (χ0n) is 14.2. The van der Waals surface area contributed by atoms with Crippen LogP contribution in [0.15, 0.2) is 18.2 Å². The minimum Gasteiger partial charge on any atom is -0.504 e. The van der Waals surface area contributed by atoms with Crippen LogP contribution in [-0.2, 0) is 10.4 Å². The monoisotopic (exact) mass is 332 g/mol. The molecule has 2 aliphatic rings. The molecular weight excluding hydrogens is 308 g/mol. The van der Waals surface area contributed by atoms with Gasteiger partial charge in [-0.1, -0.05) is 20.8 Å². The van der Waals surface area contributed by atoms with Crippen molar-refractivity contribution in [1.82, 2.24) is 0 Å². The lowest BCUT2D eigenvalue weighted by atomic mass is 9.62. The molecule has 3 unspecified atom stereocenters. The zero-order chi connectivity index (χ0) is 17.9. The van der Waals surface area contributed by atoms with E-state index in [1.54, 1.807) is 0 Å². The van der Waals surface area contributed by atoms with Crippen LogP contribution in [0.1, 0.15) is 51.2 Å². The predicted octanol–water partition coefficient (Wildman–Crippen LogP) is 3.23. The number of aliphatic hydroxyl groups is 1. The number of phenols is 2. The standard InChI is InChI=1S/C19H24O5/c1-17(2)12-6-7-18(17,3)19(24,10-12)13-9-15(21)14(20)8-11(13)4-5-16(22)23/h4-5,8-9,12,20-21,24H,6-7,10H2,1-3H3,(H,22,23). The molecule has 5 heteroatoms. The summed E-state index contributed by atoms with van der Waals surface area (Å²) in [5.41, 5.74) is -0.737. The molecule has 1 aromatic rings. The van der Waals surface area contributed by atoms with Gasteiger partial charge >= 0.3 is 5.97 Å². The molecule has 2 aliphatic carbocycles. The molecule has 3 rings (SSSR count). The third-order valence-electron chi connectivity index (χ3n) is 6.89. The topological polar surface area (TPSA) is 98.0 Å². The predicted molar refractivity (Wildman–Crippen MR) is 89.6 cm³/mol. The molecule has 0 radical (unpaired) electrons. The van der Waals surface area contributed by atoms with Crippen LogP contribution < -0.4 is 0 Å². The van der Waals surface area contributed by atoms with Gasteiger partial charge in [-0.2, -0.15) is 0 Å². The number of aliphatic carboxylic acids is 1. The number of hydrogen-bond donors (Lipinski definition) is 4. The summed E-state index contributed by atoms with van der Waals surface area (Å²) in [7, 11) is 0. The maximum Gasteiger partial charge on any atom is 0.328 e. The maximum atomic E-state index is 11.6. The smallest absolute Gasteiger partial charge is 0.328 e. The highest BCUT2D eigenvalue weighted by Crippen LogP contribution is 2.73. The number of fused-ring (bicyclic) bond motifs is 2. The van der Waals surface area contributed by atoms with Crippen LogP contribution in [0.5, 0.6) is 11.5 Å². The minimum atomic E-state index is -1.18. The maximum absolute atomic E-state index is 11.6. The average molecular weight is 332 g/mol. The average Bonchev–Trinajstić information content (AvgIpc) is 2.80. The second kappa shape index (κ2) is 4.99. The third-order valence-corrected chi connectivity index (χ3v) is 6.89. The van der Waals surface area contributed by atoms with Gasteiger partial charge in [-0.3, -0.25) is 0 Å². The molecule has 2 saturated carbocycles. The summed E-state index contributed by atoms with van der Waals surface area (Å²) < 4.78 is 0. The number of phenolic OH excluding ortho intramolecular Hbond substituents is 2. The first-order valence-corrected chi connectivity index (χ1v) is 8.23. The number of benzene rings is 1. The van der Waals surface area contributed by atoms with Crippen molar-refractivity contribution < 1.29 is 25.2 Å². The van der Waals surface area contributed by atoms with E-state index in [4.69, 9.17) is 5.11 Å². The molecule has 0 heterocycles. The third kappa shape index (κ3) is 2.00. The van der Waals surface area contributed by atoms with Gasteiger partial charge < -0.3 is 20.4 Å². The van der Waals surface area contributed by atoms with E-state index < -0.39 is 11.6 Å². The van der Waals surface area contributed by atoms with E-state index in [-0.39, 0.29) is 22.3 Å². The molecule has 130 valence electrons. The van der Waals surface area contributed by atoms with Crippen LogP contribution in [0.25, 0.3) is 6.08 Å². The van der Waals surface area contributed by atoms with Crippen molar-refractivity contribution in [3.8, 4) is 11.5 Å². The lowest BCUT2D eigenvalue weighted by Gasteiger charge is -2.46. The summed E-state index contributed by atoms with van der Waals surface area (Å²) in [4.78, 5) is 10.9. The van der Waals surface area contributed by atoms with Crippen molar-refractivity contribution in [3.05, 3.63) is 29.3 Å². The quantitative estimate of drug-likeness (QED) is 0.503. The highest BCUT2D eigenvalue weighted by Gasteiger charge is 2.69. The number of carbonyl (C=O) groups is 1. The molecule has 24 heavy (non-hydrogen) atoms. The van der Waals surface area contributed by atoms with Crippen molar-refractivity contribution in [2.75, 3.05) is 0 Å². The second-order valence-electron chi connectivity index (χ2n) is 7.95. The van der Waals surface area contributed by atoms with Crippen LogP contribution in [0.4, 0.5) is 0 Å². The van der Waals surface area contributed by atoms with E-state index in [0.717, 1.165) is 18.9 Å². The molecule has 2 fully saturated rings. The van der Waals surface area contributed by atoms with Crippen molar-refractivity contribution >= 4 is 12.0 Å². The lowest BCUT2D eigenvalue weighted by molar-refractivity contribution is -0.131. The number of rotatable bonds is 3. The highest BCUT2D eigenvalue weighted by atomic mass is 16.4. The van der Waals surface area contributed by atoms with Crippen LogP contribution in [0, 0.1) is 16.7 Å². The van der Waals surface area contributed by atoms with Gasteiger partial charge in [0.2, 0.25) is 0 Å². The van der Waals surface area contributed by atoms with Gasteiger partial charge in [0.15, 0.2) is 11.5 Å². The summed E-state index contributed by atoms with van der Waals surface area (Å²) in [5, 5.41) is 40.3. The summed E-state index contributed by atoms with van der Waals surface area (Å²) in [6, 6.07) is 2.68. The van der Waals surface area contributed by atoms with E-state index in [9.17, 15) is 20.1 Å². The van der Waals surface area contributed by atoms with Gasteiger partial charge in [0.05, 0.1) is 5.60 Å². The molecule has 0 aliphatic heterocycles. The Bertz CT molecular complexity index is 736. The fourth-order valence-corrected chi connectivity index (χ4v) is 4.93. The van der Waals surface area contributed by atoms with Crippen molar-refractivity contribution in [1.29, 1.82) is 0 Å². The van der Waals surface area contributed by atoms with E-state index in [0.29, 0.717) is 23.5 Å². The second-order valence-corrected chi connectivity index (χ2v) is 7.95. The van der Waals surface area contributed by atoms with Gasteiger partial charge in [0, 0.05) is 11.5 Å². The Kier molecular flexibility index (Phi) is 3.50. The Morgan fingerprint density at radius 3 is 2.33 bits per heavy atom. The normalized spacial score (nSPS) is 34.1. The molecule has 0 amide bonds. The Labute approximate surface area is 141 Å². The van der Waals surface area contributed by atoms with Crippen molar-refractivity contribution in [2.24, 2.45) is 16.7 Å². The van der Waals surface area contributed by atoms with Crippen molar-refractivity contribution in [2.45, 2.75) is 45.6 Å². The van der Waals surface area contributed by atoms with E-state index in [1.807, 2.05) is 0 Å². The summed E-state index contributed by atoms with van der Waals surface area (Å²) in [5.74, 6) is -1.39.